The molecule has 0 aliphatic heterocycles. The summed E-state index contributed by atoms with van der Waals surface area (Å²) in [5.74, 6) is -0.326. The fourth-order valence-electron chi connectivity index (χ4n) is 3.81. The van der Waals surface area contributed by atoms with Crippen molar-refractivity contribution in [1.29, 1.82) is 0 Å². The summed E-state index contributed by atoms with van der Waals surface area (Å²) in [7, 11) is 0. The highest BCUT2D eigenvalue weighted by Gasteiger charge is 2.26. The molecule has 0 aromatic carbocycles. The topological polar surface area (TPSA) is 29.5 Å². The number of hydrogen-bond acceptors (Lipinski definition) is 3. The number of ether oxygens (including phenoxy) is 1. The van der Waals surface area contributed by atoms with Gasteiger partial charge in [0.05, 0.1) is 0 Å². The predicted molar refractivity (Wildman–Crippen MR) is 113 cm³/mol. The van der Waals surface area contributed by atoms with E-state index in [1.54, 1.807) is 0 Å². The van der Waals surface area contributed by atoms with Gasteiger partial charge in [-0.3, -0.25) is 4.90 Å². The minimum atomic E-state index is -0.326. The maximum atomic E-state index is 11.7. The van der Waals surface area contributed by atoms with E-state index in [2.05, 4.69) is 39.2 Å². The average Bonchev–Trinajstić information content (AvgIpc) is 2.61. The number of esters is 1. The van der Waals surface area contributed by atoms with Crippen LogP contribution >= 0.6 is 0 Å². The molecule has 3 heteroatoms. The Morgan fingerprint density at radius 2 is 1.27 bits per heavy atom. The molecule has 0 bridgehead atoms. The first-order valence-electron chi connectivity index (χ1n) is 11.1. The largest absolute Gasteiger partial charge is 0.443 e. The fourth-order valence-corrected chi connectivity index (χ4v) is 3.81. The summed E-state index contributed by atoms with van der Waals surface area (Å²) in [5, 5.41) is 0. The molecule has 0 aromatic rings. The maximum absolute atomic E-state index is 11.7. The van der Waals surface area contributed by atoms with Gasteiger partial charge in [-0.1, -0.05) is 84.6 Å². The van der Waals surface area contributed by atoms with Crippen molar-refractivity contribution in [2.75, 3.05) is 0 Å². The van der Waals surface area contributed by atoms with E-state index >= 15 is 0 Å². The second kappa shape index (κ2) is 16.4. The zero-order valence-corrected chi connectivity index (χ0v) is 18.3. The summed E-state index contributed by atoms with van der Waals surface area (Å²) in [6, 6.07) is 0.852. The Morgan fingerprint density at radius 3 is 1.65 bits per heavy atom. The highest BCUT2D eigenvalue weighted by Crippen LogP contribution is 2.21. The van der Waals surface area contributed by atoms with Crippen molar-refractivity contribution in [1.82, 2.24) is 4.90 Å². The molecule has 154 valence electrons. The van der Waals surface area contributed by atoms with E-state index in [0.29, 0.717) is 12.1 Å². The zero-order valence-electron chi connectivity index (χ0n) is 18.3. The normalized spacial score (nSPS) is 14.8. The zero-order chi connectivity index (χ0) is 19.8. The Balaban J connectivity index is 4.60. The van der Waals surface area contributed by atoms with Crippen LogP contribution in [0.5, 0.6) is 0 Å². The Labute approximate surface area is 163 Å². The van der Waals surface area contributed by atoms with Crippen molar-refractivity contribution in [3.8, 4) is 0 Å². The van der Waals surface area contributed by atoms with Crippen LogP contribution in [0.15, 0.2) is 12.7 Å². The fraction of sp³-hybridized carbons (Fsp3) is 0.870. The van der Waals surface area contributed by atoms with Crippen LogP contribution in [0.1, 0.15) is 112 Å². The van der Waals surface area contributed by atoms with E-state index in [0.717, 1.165) is 0 Å². The van der Waals surface area contributed by atoms with Crippen molar-refractivity contribution in [3.63, 3.8) is 0 Å². The third-order valence-electron chi connectivity index (χ3n) is 5.34. The van der Waals surface area contributed by atoms with Gasteiger partial charge in [-0.05, 0) is 33.6 Å². The van der Waals surface area contributed by atoms with Crippen LogP contribution in [-0.2, 0) is 9.53 Å². The molecule has 0 heterocycles. The summed E-state index contributed by atoms with van der Waals surface area (Å²) in [6.45, 7) is 14.6. The first-order valence-corrected chi connectivity index (χ1v) is 11.1. The smallest absolute Gasteiger partial charge is 0.331 e. The van der Waals surface area contributed by atoms with Crippen LogP contribution in [-0.4, -0.2) is 29.2 Å². The van der Waals surface area contributed by atoms with E-state index < -0.39 is 0 Å². The van der Waals surface area contributed by atoms with E-state index in [1.807, 2.05) is 6.92 Å². The molecule has 0 aliphatic carbocycles. The lowest BCUT2D eigenvalue weighted by Gasteiger charge is -2.38. The van der Waals surface area contributed by atoms with Gasteiger partial charge < -0.3 is 4.74 Å². The van der Waals surface area contributed by atoms with Crippen LogP contribution in [0, 0.1) is 0 Å². The van der Waals surface area contributed by atoms with Crippen LogP contribution in [0.25, 0.3) is 0 Å². The molecule has 0 aliphatic rings. The minimum absolute atomic E-state index is 0.197. The minimum Gasteiger partial charge on any atom is -0.443 e. The second-order valence-electron chi connectivity index (χ2n) is 7.79. The van der Waals surface area contributed by atoms with Crippen molar-refractivity contribution in [3.05, 3.63) is 12.7 Å². The Morgan fingerprint density at radius 1 is 0.846 bits per heavy atom. The molecule has 0 radical (unpaired) electrons. The molecule has 0 saturated heterocycles. The number of unbranched alkanes of at least 4 members (excludes halogenated alkanes) is 8. The molecule has 0 N–H and O–H groups in total. The maximum Gasteiger partial charge on any atom is 0.331 e. The molecule has 26 heavy (non-hydrogen) atoms. The van der Waals surface area contributed by atoms with Gasteiger partial charge in [0, 0.05) is 18.2 Å². The van der Waals surface area contributed by atoms with Crippen molar-refractivity contribution in [2.24, 2.45) is 0 Å². The molecule has 3 atom stereocenters. The van der Waals surface area contributed by atoms with Gasteiger partial charge in [0.25, 0.3) is 0 Å². The van der Waals surface area contributed by atoms with Gasteiger partial charge in [0.1, 0.15) is 0 Å². The Hall–Kier alpha value is -0.830. The first-order chi connectivity index (χ1) is 12.5. The van der Waals surface area contributed by atoms with Crippen LogP contribution in [0.4, 0.5) is 0 Å². The lowest BCUT2D eigenvalue weighted by Crippen LogP contribution is -2.47. The summed E-state index contributed by atoms with van der Waals surface area (Å²) in [5.41, 5.74) is 0. The number of carbonyl (C=O) groups is 1. The van der Waals surface area contributed by atoms with Crippen molar-refractivity contribution < 1.29 is 9.53 Å². The molecule has 0 rings (SSSR count). The molecule has 3 unspecified atom stereocenters. The number of nitrogens with zero attached hydrogens (tertiary/aromatic N) is 1. The third kappa shape index (κ3) is 11.7. The van der Waals surface area contributed by atoms with Gasteiger partial charge in [-0.15, -0.1) is 0 Å². The second-order valence-corrected chi connectivity index (χ2v) is 7.79. The summed E-state index contributed by atoms with van der Waals surface area (Å²) in [4.78, 5) is 14.1. The quantitative estimate of drug-likeness (QED) is 0.122. The molecule has 0 fully saturated rings. The number of hydrogen-bond donors (Lipinski definition) is 0. The van der Waals surface area contributed by atoms with Crippen molar-refractivity contribution in [2.45, 2.75) is 130 Å². The van der Waals surface area contributed by atoms with Crippen LogP contribution < -0.4 is 0 Å². The molecule has 0 aromatic heterocycles. The third-order valence-corrected chi connectivity index (χ3v) is 5.34. The van der Waals surface area contributed by atoms with Crippen LogP contribution in [0.3, 0.4) is 0 Å². The number of carbonyl (C=O) groups excluding carboxylic acids is 1. The average molecular weight is 368 g/mol. The number of rotatable bonds is 17. The highest BCUT2D eigenvalue weighted by atomic mass is 16.6. The Kier molecular flexibility index (Phi) is 15.8. The van der Waals surface area contributed by atoms with Gasteiger partial charge in [0.2, 0.25) is 0 Å². The molecule has 0 spiro atoms. The van der Waals surface area contributed by atoms with E-state index in [-0.39, 0.29) is 12.2 Å². The molecule has 3 nitrogen and oxygen atoms in total. The molecule has 0 saturated carbocycles. The van der Waals surface area contributed by atoms with Gasteiger partial charge in [-0.2, -0.15) is 0 Å². The predicted octanol–water partition coefficient (Wildman–Crippen LogP) is 6.86. The monoisotopic (exact) mass is 367 g/mol. The lowest BCUT2D eigenvalue weighted by atomic mass is 10.0. The Bertz CT molecular complexity index is 336. The van der Waals surface area contributed by atoms with E-state index in [9.17, 15) is 4.79 Å². The van der Waals surface area contributed by atoms with Gasteiger partial charge in [-0.25, -0.2) is 4.79 Å². The highest BCUT2D eigenvalue weighted by molar-refractivity contribution is 5.81. The molecular formula is C23H45NO2. The standard InChI is InChI=1S/C23H45NO2/c1-7-10-12-14-16-18-20(4)24(22(6)26-23(25)9-3)21(5)19-17-15-13-11-8-2/h9,20-22H,3,7-8,10-19H2,1-2,4-6H3. The molecular weight excluding hydrogens is 322 g/mol. The van der Waals surface area contributed by atoms with Gasteiger partial charge in [0.15, 0.2) is 6.23 Å². The van der Waals surface area contributed by atoms with Crippen molar-refractivity contribution >= 4 is 5.97 Å². The van der Waals surface area contributed by atoms with Gasteiger partial charge >= 0.3 is 5.97 Å². The SMILES string of the molecule is C=CC(=O)OC(C)N(C(C)CCCCCCC)C(C)CCCCCCC. The van der Waals surface area contributed by atoms with E-state index in [4.69, 9.17) is 4.74 Å². The lowest BCUT2D eigenvalue weighted by molar-refractivity contribution is -0.156. The molecule has 0 amide bonds. The van der Waals surface area contributed by atoms with Crippen LogP contribution in [0.2, 0.25) is 0 Å². The first kappa shape index (κ1) is 25.2. The summed E-state index contributed by atoms with van der Waals surface area (Å²) in [6.07, 6.45) is 16.4. The van der Waals surface area contributed by atoms with E-state index in [1.165, 1.54) is 83.1 Å². The summed E-state index contributed by atoms with van der Waals surface area (Å²) < 4.78 is 5.56. The summed E-state index contributed by atoms with van der Waals surface area (Å²) >= 11 is 0.